The van der Waals surface area contributed by atoms with Gasteiger partial charge in [-0.15, -0.1) is 0 Å². The van der Waals surface area contributed by atoms with Crippen molar-refractivity contribution < 1.29 is 19.2 Å². The Kier molecular flexibility index (Phi) is 5.81. The van der Waals surface area contributed by atoms with E-state index in [9.17, 15) is 10.3 Å². The van der Waals surface area contributed by atoms with Crippen LogP contribution in [0.5, 0.6) is 0 Å². The first kappa shape index (κ1) is 25.2. The largest absolute Gasteiger partial charge is 0.373 e. The van der Waals surface area contributed by atoms with Crippen molar-refractivity contribution in [2.45, 2.75) is 38.3 Å². The highest BCUT2D eigenvalue weighted by Crippen LogP contribution is 2.49. The maximum absolute atomic E-state index is 13.8. The molecule has 0 radical (unpaired) electrons. The van der Waals surface area contributed by atoms with Crippen LogP contribution in [0.1, 0.15) is 45.5 Å². The van der Waals surface area contributed by atoms with Gasteiger partial charge in [-0.3, -0.25) is 4.79 Å². The highest BCUT2D eigenvalue weighted by atomic mass is 28.3. The van der Waals surface area contributed by atoms with Crippen LogP contribution in [0, 0.1) is 6.92 Å². The predicted octanol–water partition coefficient (Wildman–Crippen LogP) is 3.17. The first-order valence-corrected chi connectivity index (χ1v) is 16.5. The number of aryl methyl sites for hydroxylation is 1. The minimum atomic E-state index is -2.16. The fourth-order valence-corrected chi connectivity index (χ4v) is 10.0. The number of Topliss-reactive ketones (excluding diaryl/α,β-unsaturated/α-hetero) is 1. The van der Waals surface area contributed by atoms with Gasteiger partial charge in [-0.05, 0) is 71.1 Å². The Morgan fingerprint density at radius 1 is 0.821 bits per heavy atom. The first-order valence-electron chi connectivity index (χ1n) is 13.5. The molecule has 2 fully saturated rings. The molecule has 0 N–H and O–H groups in total. The lowest BCUT2D eigenvalue weighted by Gasteiger charge is -2.44. The summed E-state index contributed by atoms with van der Waals surface area (Å²) < 4.78 is 0. The van der Waals surface area contributed by atoms with Gasteiger partial charge in [0.1, 0.15) is 8.07 Å². The number of ketones is 1. The standard InChI is InChI=1S/C30H30N4OSi.CO2/c1-19-6-9-22-25(16-19)30(29(32-31)28(22)35)23-10-7-20(33-12-4-13-33)17-26(23)36(2,3)27-18-21(8-11-24(27)30)34-14-5-15-34;2-1-3/h6-11,16-18H,4-5,12-15H2,1-3H3;. The lowest BCUT2D eigenvalue weighted by atomic mass is 9.68. The maximum atomic E-state index is 13.8. The van der Waals surface area contributed by atoms with Gasteiger partial charge in [-0.2, -0.15) is 14.4 Å². The molecule has 39 heavy (non-hydrogen) atoms. The Bertz CT molecular complexity index is 1560. The summed E-state index contributed by atoms with van der Waals surface area (Å²) in [6.45, 7) is 11.3. The molecule has 0 saturated carbocycles. The highest BCUT2D eigenvalue weighted by Gasteiger charge is 2.63. The van der Waals surface area contributed by atoms with Gasteiger partial charge in [0.25, 0.3) is 5.78 Å². The van der Waals surface area contributed by atoms with Gasteiger partial charge in [0.2, 0.25) is 0 Å². The third kappa shape index (κ3) is 3.39. The molecule has 7 rings (SSSR count). The minimum Gasteiger partial charge on any atom is -0.371 e. The number of benzene rings is 3. The van der Waals surface area contributed by atoms with Crippen molar-refractivity contribution in [3.63, 3.8) is 0 Å². The van der Waals surface area contributed by atoms with Gasteiger partial charge in [0.15, 0.2) is 5.41 Å². The monoisotopic (exact) mass is 534 g/mol. The Morgan fingerprint density at radius 3 is 1.77 bits per heavy atom. The Balaban J connectivity index is 0.000000883. The Hall–Kier alpha value is -4.09. The van der Waals surface area contributed by atoms with Crippen molar-refractivity contribution in [3.05, 3.63) is 87.9 Å². The molecule has 3 aromatic rings. The number of carbonyl (C=O) groups is 1. The molecule has 1 aliphatic carbocycles. The Morgan fingerprint density at radius 2 is 1.33 bits per heavy atom. The molecule has 4 aliphatic rings. The number of hydrogen-bond acceptors (Lipinski definition) is 5. The topological polar surface area (TPSA) is 94.1 Å². The highest BCUT2D eigenvalue weighted by molar-refractivity contribution is 7.01. The third-order valence-corrected chi connectivity index (χ3v) is 12.6. The zero-order valence-corrected chi connectivity index (χ0v) is 23.5. The predicted molar refractivity (Wildman–Crippen MR) is 152 cm³/mol. The summed E-state index contributed by atoms with van der Waals surface area (Å²) >= 11 is 0. The van der Waals surface area contributed by atoms with E-state index in [0.29, 0.717) is 5.56 Å². The van der Waals surface area contributed by atoms with Crippen LogP contribution in [-0.2, 0) is 15.0 Å². The summed E-state index contributed by atoms with van der Waals surface area (Å²) in [5, 5.41) is 2.67. The molecule has 1 spiro atoms. The van der Waals surface area contributed by atoms with Gasteiger partial charge < -0.3 is 15.3 Å². The van der Waals surface area contributed by atoms with Gasteiger partial charge in [0, 0.05) is 43.1 Å². The number of carbonyl (C=O) groups excluding carboxylic acids is 3. The van der Waals surface area contributed by atoms with Crippen LogP contribution in [0.3, 0.4) is 0 Å². The second-order valence-electron chi connectivity index (χ2n) is 11.4. The van der Waals surface area contributed by atoms with E-state index in [0.717, 1.165) is 48.4 Å². The molecule has 0 bridgehead atoms. The van der Waals surface area contributed by atoms with Crippen molar-refractivity contribution in [1.29, 1.82) is 0 Å². The summed E-state index contributed by atoms with van der Waals surface area (Å²) in [6, 6.07) is 19.6. The van der Waals surface area contributed by atoms with Gasteiger partial charge in [0.05, 0.1) is 0 Å². The van der Waals surface area contributed by atoms with E-state index >= 15 is 0 Å². The van der Waals surface area contributed by atoms with E-state index in [4.69, 9.17) is 9.59 Å². The van der Waals surface area contributed by atoms with Gasteiger partial charge >= 0.3 is 11.9 Å². The maximum Gasteiger partial charge on any atom is 0.373 e. The molecule has 0 aromatic heterocycles. The number of fused-ring (bicyclic) bond motifs is 6. The fourth-order valence-electron chi connectivity index (χ4n) is 6.84. The zero-order chi connectivity index (χ0) is 27.5. The summed E-state index contributed by atoms with van der Waals surface area (Å²) in [6.07, 6.45) is 2.71. The summed E-state index contributed by atoms with van der Waals surface area (Å²) in [4.78, 5) is 38.6. The smallest absolute Gasteiger partial charge is 0.371 e. The molecular formula is C31H30N4O3Si. The molecule has 196 valence electrons. The average molecular weight is 535 g/mol. The SMILES string of the molecule is Cc1ccc2c(c1)C1(C(=[N+]=[N-])C2=O)c2ccc(N3CCC3)cc2[Si](C)(C)c2cc(N3CCC3)ccc21.O=C=O. The van der Waals surface area contributed by atoms with Crippen LogP contribution in [0.2, 0.25) is 13.1 Å². The minimum absolute atomic E-state index is 0.176. The Labute approximate surface area is 228 Å². The molecule has 2 saturated heterocycles. The molecule has 0 amide bonds. The molecule has 3 aliphatic heterocycles. The number of anilines is 2. The van der Waals surface area contributed by atoms with E-state index in [1.54, 1.807) is 0 Å². The average Bonchev–Trinajstić information content (AvgIpc) is 3.09. The van der Waals surface area contributed by atoms with Crippen molar-refractivity contribution in [1.82, 2.24) is 0 Å². The van der Waals surface area contributed by atoms with E-state index in [2.05, 4.69) is 77.1 Å². The van der Waals surface area contributed by atoms with E-state index in [1.807, 2.05) is 12.1 Å². The van der Waals surface area contributed by atoms with Crippen molar-refractivity contribution in [3.8, 4) is 0 Å². The molecule has 0 unspecified atom stereocenters. The van der Waals surface area contributed by atoms with Gasteiger partial charge in [-0.25, -0.2) is 0 Å². The first-order chi connectivity index (χ1) is 18.8. The van der Waals surface area contributed by atoms with Crippen LogP contribution in [0.4, 0.5) is 11.4 Å². The lowest BCUT2D eigenvalue weighted by Crippen LogP contribution is -2.65. The lowest BCUT2D eigenvalue weighted by molar-refractivity contribution is -0.191. The normalized spacial score (nSPS) is 18.9. The summed E-state index contributed by atoms with van der Waals surface area (Å²) in [7, 11) is -2.16. The van der Waals surface area contributed by atoms with E-state index in [-0.39, 0.29) is 17.6 Å². The molecular weight excluding hydrogens is 504 g/mol. The molecule has 0 atom stereocenters. The summed E-state index contributed by atoms with van der Waals surface area (Å²) in [5.74, 6) is -0.176. The second kappa shape index (κ2) is 8.99. The van der Waals surface area contributed by atoms with Crippen LogP contribution in [0.25, 0.3) is 5.53 Å². The fraction of sp³-hybridized carbons (Fsp3) is 0.323. The summed E-state index contributed by atoms with van der Waals surface area (Å²) in [5.41, 5.74) is 17.2. The van der Waals surface area contributed by atoms with Crippen LogP contribution >= 0.6 is 0 Å². The molecule has 7 nitrogen and oxygen atoms in total. The molecule has 3 heterocycles. The number of rotatable bonds is 2. The quantitative estimate of drug-likeness (QED) is 0.286. The molecule has 3 aromatic carbocycles. The van der Waals surface area contributed by atoms with Crippen molar-refractivity contribution in [2.75, 3.05) is 36.0 Å². The van der Waals surface area contributed by atoms with Crippen molar-refractivity contribution in [2.24, 2.45) is 0 Å². The number of hydrogen-bond donors (Lipinski definition) is 0. The van der Waals surface area contributed by atoms with E-state index < -0.39 is 13.5 Å². The van der Waals surface area contributed by atoms with E-state index in [1.165, 1.54) is 34.6 Å². The molecule has 8 heteroatoms. The zero-order valence-electron chi connectivity index (χ0n) is 22.5. The third-order valence-electron chi connectivity index (χ3n) is 9.10. The van der Waals surface area contributed by atoms with Crippen LogP contribution < -0.4 is 20.2 Å². The van der Waals surface area contributed by atoms with Crippen LogP contribution in [0.15, 0.2) is 54.6 Å². The number of nitrogens with zero attached hydrogens (tertiary/aromatic N) is 4. The second-order valence-corrected chi connectivity index (χ2v) is 15.8. The van der Waals surface area contributed by atoms with Gasteiger partial charge in [-0.1, -0.05) is 49.0 Å². The van der Waals surface area contributed by atoms with Crippen LogP contribution in [-0.4, -0.2) is 56.7 Å². The van der Waals surface area contributed by atoms with Crippen molar-refractivity contribution >= 4 is 47.5 Å².